The number of anilines is 2. The number of urea groups is 1. The Morgan fingerprint density at radius 3 is 2.52 bits per heavy atom. The molecular weight excluding hydrogens is 262 g/mol. The molecule has 0 aliphatic carbocycles. The van der Waals surface area contributed by atoms with Crippen molar-refractivity contribution >= 4 is 17.5 Å². The second-order valence-electron chi connectivity index (χ2n) is 5.18. The van der Waals surface area contributed by atoms with Crippen LogP contribution in [0.3, 0.4) is 0 Å². The van der Waals surface area contributed by atoms with E-state index < -0.39 is 0 Å². The van der Waals surface area contributed by atoms with Crippen molar-refractivity contribution in [2.75, 3.05) is 10.6 Å². The van der Waals surface area contributed by atoms with Crippen molar-refractivity contribution in [3.63, 3.8) is 0 Å². The summed E-state index contributed by atoms with van der Waals surface area (Å²) in [4.78, 5) is 16.1. The van der Waals surface area contributed by atoms with Crippen molar-refractivity contribution in [2.24, 2.45) is 0 Å². The van der Waals surface area contributed by atoms with E-state index in [-0.39, 0.29) is 6.03 Å². The summed E-state index contributed by atoms with van der Waals surface area (Å²) in [6.45, 7) is 6.27. The summed E-state index contributed by atoms with van der Waals surface area (Å²) >= 11 is 0. The second-order valence-corrected chi connectivity index (χ2v) is 5.18. The van der Waals surface area contributed by atoms with Crippen molar-refractivity contribution in [2.45, 2.75) is 33.1 Å². The van der Waals surface area contributed by atoms with E-state index in [1.54, 1.807) is 6.20 Å². The van der Waals surface area contributed by atoms with Gasteiger partial charge in [-0.3, -0.25) is 5.32 Å². The second kappa shape index (κ2) is 6.88. The highest BCUT2D eigenvalue weighted by Crippen LogP contribution is 2.20. The number of benzene rings is 1. The van der Waals surface area contributed by atoms with Gasteiger partial charge in [-0.1, -0.05) is 32.0 Å². The number of hydrogen-bond donors (Lipinski definition) is 2. The van der Waals surface area contributed by atoms with Crippen LogP contribution in [-0.2, 0) is 0 Å². The quantitative estimate of drug-likeness (QED) is 0.865. The van der Waals surface area contributed by atoms with Crippen LogP contribution in [0.25, 0.3) is 0 Å². The molecule has 2 amide bonds. The predicted octanol–water partition coefficient (Wildman–Crippen LogP) is 4.55. The minimum Gasteiger partial charge on any atom is -0.308 e. The van der Waals surface area contributed by atoms with Gasteiger partial charge in [-0.2, -0.15) is 0 Å². The van der Waals surface area contributed by atoms with E-state index in [0.717, 1.165) is 17.7 Å². The number of aryl methyl sites for hydroxylation is 1. The lowest BCUT2D eigenvalue weighted by Gasteiger charge is -2.11. The number of carbonyl (C=O) groups is 1. The van der Waals surface area contributed by atoms with E-state index in [2.05, 4.69) is 41.6 Å². The molecule has 110 valence electrons. The fourth-order valence-electron chi connectivity index (χ4n) is 2.02. The molecule has 0 aliphatic rings. The number of amides is 2. The number of rotatable bonds is 4. The summed E-state index contributed by atoms with van der Waals surface area (Å²) in [5.41, 5.74) is 2.98. The first-order valence-electron chi connectivity index (χ1n) is 7.19. The molecule has 4 heteroatoms. The van der Waals surface area contributed by atoms with Crippen molar-refractivity contribution < 1.29 is 4.79 Å². The lowest BCUT2D eigenvalue weighted by molar-refractivity contribution is 0.262. The highest BCUT2D eigenvalue weighted by atomic mass is 16.2. The highest BCUT2D eigenvalue weighted by molar-refractivity contribution is 5.99. The van der Waals surface area contributed by atoms with Gasteiger partial charge in [0.2, 0.25) is 0 Å². The Labute approximate surface area is 125 Å². The Hall–Kier alpha value is -2.36. The lowest BCUT2D eigenvalue weighted by Crippen LogP contribution is -2.20. The maximum absolute atomic E-state index is 11.9. The number of nitrogens with one attached hydrogen (secondary N) is 2. The summed E-state index contributed by atoms with van der Waals surface area (Å²) in [7, 11) is 0. The van der Waals surface area contributed by atoms with Crippen molar-refractivity contribution in [3.8, 4) is 0 Å². The maximum Gasteiger partial charge on any atom is 0.324 e. The van der Waals surface area contributed by atoms with Crippen molar-refractivity contribution in [1.29, 1.82) is 0 Å². The first-order chi connectivity index (χ1) is 10.1. The summed E-state index contributed by atoms with van der Waals surface area (Å²) in [5, 5.41) is 5.56. The zero-order valence-corrected chi connectivity index (χ0v) is 12.7. The summed E-state index contributed by atoms with van der Waals surface area (Å²) in [6, 6.07) is 11.4. The van der Waals surface area contributed by atoms with E-state index in [9.17, 15) is 4.79 Å². The molecule has 0 saturated heterocycles. The number of nitrogens with zero attached hydrogens (tertiary/aromatic N) is 1. The molecule has 2 aromatic rings. The SMILES string of the molecule is CC[C@@H](C)c1ccc(NC(=O)Nc2ncccc2C)cc1. The van der Waals surface area contributed by atoms with Crippen LogP contribution in [0.2, 0.25) is 0 Å². The zero-order chi connectivity index (χ0) is 15.2. The molecule has 1 aromatic heterocycles. The Balaban J connectivity index is 1.98. The van der Waals surface area contributed by atoms with Gasteiger partial charge in [-0.25, -0.2) is 9.78 Å². The van der Waals surface area contributed by atoms with Crippen molar-refractivity contribution in [3.05, 3.63) is 53.7 Å². The zero-order valence-electron chi connectivity index (χ0n) is 12.7. The van der Waals surface area contributed by atoms with Gasteiger partial charge in [-0.05, 0) is 48.6 Å². The van der Waals surface area contributed by atoms with Gasteiger partial charge in [0.1, 0.15) is 5.82 Å². The molecule has 0 radical (unpaired) electrons. The average Bonchev–Trinajstić information content (AvgIpc) is 2.49. The Morgan fingerprint density at radius 1 is 1.19 bits per heavy atom. The van der Waals surface area contributed by atoms with Gasteiger partial charge in [0.05, 0.1) is 0 Å². The number of aromatic nitrogens is 1. The highest BCUT2D eigenvalue weighted by Gasteiger charge is 2.06. The van der Waals surface area contributed by atoms with Crippen LogP contribution in [0, 0.1) is 6.92 Å². The minimum atomic E-state index is -0.284. The predicted molar refractivity (Wildman–Crippen MR) is 86.8 cm³/mol. The molecule has 1 heterocycles. The van der Waals surface area contributed by atoms with E-state index in [1.165, 1.54) is 5.56 Å². The smallest absolute Gasteiger partial charge is 0.308 e. The maximum atomic E-state index is 11.9. The summed E-state index contributed by atoms with van der Waals surface area (Å²) in [5.74, 6) is 1.11. The molecule has 2 rings (SSSR count). The monoisotopic (exact) mass is 283 g/mol. The molecule has 0 bridgehead atoms. The Kier molecular flexibility index (Phi) is 4.93. The van der Waals surface area contributed by atoms with E-state index in [4.69, 9.17) is 0 Å². The lowest BCUT2D eigenvalue weighted by atomic mass is 9.99. The third-order valence-corrected chi connectivity index (χ3v) is 3.59. The van der Waals surface area contributed by atoms with E-state index in [1.807, 2.05) is 31.2 Å². The fourth-order valence-corrected chi connectivity index (χ4v) is 2.02. The molecule has 0 saturated carbocycles. The van der Waals surface area contributed by atoms with Gasteiger partial charge in [-0.15, -0.1) is 0 Å². The molecule has 1 aromatic carbocycles. The van der Waals surface area contributed by atoms with Crippen molar-refractivity contribution in [1.82, 2.24) is 4.98 Å². The Morgan fingerprint density at radius 2 is 1.90 bits per heavy atom. The molecule has 21 heavy (non-hydrogen) atoms. The molecule has 0 fully saturated rings. The summed E-state index contributed by atoms with van der Waals surface area (Å²) in [6.07, 6.45) is 2.76. The number of hydrogen-bond acceptors (Lipinski definition) is 2. The molecule has 1 atom stereocenters. The normalized spacial score (nSPS) is 11.8. The van der Waals surface area contributed by atoms with Gasteiger partial charge in [0.25, 0.3) is 0 Å². The summed E-state index contributed by atoms with van der Waals surface area (Å²) < 4.78 is 0. The molecule has 0 aliphatic heterocycles. The fraction of sp³-hybridized carbons (Fsp3) is 0.294. The van der Waals surface area contributed by atoms with Crippen LogP contribution >= 0.6 is 0 Å². The molecule has 2 N–H and O–H groups in total. The van der Waals surface area contributed by atoms with E-state index in [0.29, 0.717) is 11.7 Å². The topological polar surface area (TPSA) is 54.0 Å². The number of pyridine rings is 1. The third kappa shape index (κ3) is 4.05. The molecular formula is C17H21N3O. The van der Waals surface area contributed by atoms with Gasteiger partial charge >= 0.3 is 6.03 Å². The molecule has 4 nitrogen and oxygen atoms in total. The number of carbonyl (C=O) groups excluding carboxylic acids is 1. The van der Waals surface area contributed by atoms with Gasteiger partial charge < -0.3 is 5.32 Å². The van der Waals surface area contributed by atoms with Crippen LogP contribution in [-0.4, -0.2) is 11.0 Å². The largest absolute Gasteiger partial charge is 0.324 e. The molecule has 0 unspecified atom stereocenters. The Bertz CT molecular complexity index is 608. The van der Waals surface area contributed by atoms with Crippen LogP contribution in [0.5, 0.6) is 0 Å². The minimum absolute atomic E-state index is 0.284. The van der Waals surface area contributed by atoms with Crippen LogP contribution in [0.15, 0.2) is 42.6 Å². The van der Waals surface area contributed by atoms with Gasteiger partial charge in [0.15, 0.2) is 0 Å². The van der Waals surface area contributed by atoms with E-state index >= 15 is 0 Å². The standard InChI is InChI=1S/C17H21N3O/c1-4-12(2)14-7-9-15(10-8-14)19-17(21)20-16-13(3)6-5-11-18-16/h5-12H,4H2,1-3H3,(H2,18,19,20,21)/t12-/m1/s1. The van der Waals surface area contributed by atoms with Crippen LogP contribution < -0.4 is 10.6 Å². The van der Waals surface area contributed by atoms with Crippen LogP contribution in [0.4, 0.5) is 16.3 Å². The molecule has 0 spiro atoms. The first-order valence-corrected chi connectivity index (χ1v) is 7.19. The third-order valence-electron chi connectivity index (χ3n) is 3.59. The average molecular weight is 283 g/mol. The first kappa shape index (κ1) is 15.0. The van der Waals surface area contributed by atoms with Gasteiger partial charge in [0, 0.05) is 11.9 Å². The van der Waals surface area contributed by atoms with Crippen LogP contribution in [0.1, 0.15) is 37.3 Å².